The Kier molecular flexibility index (Phi) is 3.84. The van der Waals surface area contributed by atoms with Crippen molar-refractivity contribution in [2.24, 2.45) is 0 Å². The number of nitrogens with zero attached hydrogens (tertiary/aromatic N) is 3. The van der Waals surface area contributed by atoms with Gasteiger partial charge in [0.25, 0.3) is 0 Å². The minimum atomic E-state index is 0.220. The lowest BCUT2D eigenvalue weighted by Crippen LogP contribution is -2.46. The van der Waals surface area contributed by atoms with E-state index in [1.54, 1.807) is 0 Å². The molecule has 0 N–H and O–H groups in total. The number of halogens is 1. The van der Waals surface area contributed by atoms with Crippen molar-refractivity contribution in [2.75, 3.05) is 18.0 Å². The number of rotatable bonds is 2. The Morgan fingerprint density at radius 2 is 2.00 bits per heavy atom. The molecule has 0 unspecified atom stereocenters. The van der Waals surface area contributed by atoms with Crippen LogP contribution in [0.1, 0.15) is 26.6 Å². The summed E-state index contributed by atoms with van der Waals surface area (Å²) in [5.41, 5.74) is 0. The summed E-state index contributed by atoms with van der Waals surface area (Å²) in [6.07, 6.45) is 1.23. The van der Waals surface area contributed by atoms with E-state index in [2.05, 4.69) is 28.7 Å². The van der Waals surface area contributed by atoms with Gasteiger partial charge in [-0.3, -0.25) is 0 Å². The normalized spacial score (nSPS) is 25.1. The first-order valence-corrected chi connectivity index (χ1v) is 6.40. The van der Waals surface area contributed by atoms with Crippen LogP contribution in [-0.4, -0.2) is 35.3 Å². The van der Waals surface area contributed by atoms with E-state index in [-0.39, 0.29) is 12.2 Å². The van der Waals surface area contributed by atoms with Crippen LogP contribution in [0.3, 0.4) is 0 Å². The molecule has 5 heteroatoms. The number of ether oxygens (including phenoxy) is 1. The molecule has 0 spiro atoms. The van der Waals surface area contributed by atoms with E-state index in [0.717, 1.165) is 31.2 Å². The Hall–Kier alpha value is -0.870. The fourth-order valence-corrected chi connectivity index (χ4v) is 2.33. The standard InChI is InChI=1S/C12H18ClN3O/c1-4-11-14-10(13)5-12(15-11)16-6-8(2)17-9(3)7-16/h5,8-9H,4,6-7H2,1-3H3/t8-,9+. The van der Waals surface area contributed by atoms with Gasteiger partial charge in [0, 0.05) is 25.6 Å². The van der Waals surface area contributed by atoms with Gasteiger partial charge in [-0.25, -0.2) is 9.97 Å². The van der Waals surface area contributed by atoms with Gasteiger partial charge in [-0.15, -0.1) is 0 Å². The maximum Gasteiger partial charge on any atom is 0.134 e. The maximum absolute atomic E-state index is 6.01. The molecule has 1 saturated heterocycles. The molecule has 0 aliphatic carbocycles. The highest BCUT2D eigenvalue weighted by Gasteiger charge is 2.23. The summed E-state index contributed by atoms with van der Waals surface area (Å²) < 4.78 is 5.71. The molecule has 1 aromatic heterocycles. The second kappa shape index (κ2) is 5.19. The molecule has 4 nitrogen and oxygen atoms in total. The second-order valence-electron chi connectivity index (χ2n) is 4.48. The molecule has 0 bridgehead atoms. The maximum atomic E-state index is 6.01. The van der Waals surface area contributed by atoms with E-state index in [1.165, 1.54) is 0 Å². The molecule has 2 atom stereocenters. The molecule has 1 aromatic rings. The SMILES string of the molecule is CCc1nc(Cl)cc(N2C[C@@H](C)O[C@@H](C)C2)n1. The molecular formula is C12H18ClN3O. The second-order valence-corrected chi connectivity index (χ2v) is 4.87. The summed E-state index contributed by atoms with van der Waals surface area (Å²) in [5.74, 6) is 1.70. The van der Waals surface area contributed by atoms with Crippen molar-refractivity contribution >= 4 is 17.4 Å². The van der Waals surface area contributed by atoms with Crippen molar-refractivity contribution in [3.05, 3.63) is 17.0 Å². The first kappa shape index (κ1) is 12.6. The number of hydrogen-bond donors (Lipinski definition) is 0. The summed E-state index contributed by atoms with van der Waals surface area (Å²) in [6.45, 7) is 7.88. The van der Waals surface area contributed by atoms with Crippen molar-refractivity contribution in [2.45, 2.75) is 39.4 Å². The quantitative estimate of drug-likeness (QED) is 0.760. The molecule has 1 fully saturated rings. The molecule has 2 heterocycles. The fraction of sp³-hybridized carbons (Fsp3) is 0.667. The van der Waals surface area contributed by atoms with Crippen LogP contribution < -0.4 is 4.90 Å². The first-order chi connectivity index (χ1) is 8.08. The van der Waals surface area contributed by atoms with Crippen LogP contribution in [0.2, 0.25) is 5.15 Å². The van der Waals surface area contributed by atoms with Crippen LogP contribution in [0.5, 0.6) is 0 Å². The molecule has 17 heavy (non-hydrogen) atoms. The summed E-state index contributed by atoms with van der Waals surface area (Å²) in [6, 6.07) is 1.82. The Bertz CT molecular complexity index is 389. The smallest absolute Gasteiger partial charge is 0.134 e. The van der Waals surface area contributed by atoms with Gasteiger partial charge in [0.05, 0.1) is 12.2 Å². The highest BCUT2D eigenvalue weighted by molar-refractivity contribution is 6.29. The number of hydrogen-bond acceptors (Lipinski definition) is 4. The van der Waals surface area contributed by atoms with Gasteiger partial charge < -0.3 is 9.64 Å². The van der Waals surface area contributed by atoms with Crippen molar-refractivity contribution in [1.29, 1.82) is 0 Å². The van der Waals surface area contributed by atoms with Gasteiger partial charge in [-0.05, 0) is 13.8 Å². The predicted molar refractivity (Wildman–Crippen MR) is 68.6 cm³/mol. The number of anilines is 1. The average molecular weight is 256 g/mol. The molecule has 0 aromatic carbocycles. The van der Waals surface area contributed by atoms with E-state index in [4.69, 9.17) is 16.3 Å². The summed E-state index contributed by atoms with van der Waals surface area (Å²) in [5, 5.41) is 0.513. The molecular weight excluding hydrogens is 238 g/mol. The molecule has 94 valence electrons. The molecule has 1 aliphatic rings. The van der Waals surface area contributed by atoms with Gasteiger partial charge in [-0.1, -0.05) is 18.5 Å². The van der Waals surface area contributed by atoms with E-state index >= 15 is 0 Å². The number of aromatic nitrogens is 2. The third-order valence-electron chi connectivity index (χ3n) is 2.79. The average Bonchev–Trinajstić information content (AvgIpc) is 2.26. The third-order valence-corrected chi connectivity index (χ3v) is 2.98. The van der Waals surface area contributed by atoms with Gasteiger partial charge in [0.2, 0.25) is 0 Å². The minimum Gasteiger partial charge on any atom is -0.372 e. The lowest BCUT2D eigenvalue weighted by Gasteiger charge is -2.36. The van der Waals surface area contributed by atoms with Gasteiger partial charge in [0.15, 0.2) is 0 Å². The van der Waals surface area contributed by atoms with Crippen molar-refractivity contribution in [3.8, 4) is 0 Å². The minimum absolute atomic E-state index is 0.220. The van der Waals surface area contributed by atoms with Crippen LogP contribution in [0, 0.1) is 0 Å². The highest BCUT2D eigenvalue weighted by atomic mass is 35.5. The zero-order valence-electron chi connectivity index (χ0n) is 10.5. The molecule has 0 amide bonds. The van der Waals surface area contributed by atoms with Crippen LogP contribution in [-0.2, 0) is 11.2 Å². The van der Waals surface area contributed by atoms with E-state index in [9.17, 15) is 0 Å². The van der Waals surface area contributed by atoms with E-state index in [1.807, 2.05) is 13.0 Å². The van der Waals surface area contributed by atoms with Crippen LogP contribution in [0.4, 0.5) is 5.82 Å². The topological polar surface area (TPSA) is 38.2 Å². The van der Waals surface area contributed by atoms with Gasteiger partial charge >= 0.3 is 0 Å². The molecule has 0 saturated carbocycles. The predicted octanol–water partition coefficient (Wildman–Crippen LogP) is 2.31. The Morgan fingerprint density at radius 1 is 1.35 bits per heavy atom. The largest absolute Gasteiger partial charge is 0.372 e. The summed E-state index contributed by atoms with van der Waals surface area (Å²) in [4.78, 5) is 10.9. The Labute approximate surface area is 107 Å². The van der Waals surface area contributed by atoms with Gasteiger partial charge in [0.1, 0.15) is 16.8 Å². The van der Waals surface area contributed by atoms with Gasteiger partial charge in [-0.2, -0.15) is 0 Å². The lowest BCUT2D eigenvalue weighted by atomic mass is 10.2. The zero-order chi connectivity index (χ0) is 12.4. The summed E-state index contributed by atoms with van der Waals surface area (Å²) >= 11 is 6.01. The van der Waals surface area contributed by atoms with E-state index < -0.39 is 0 Å². The molecule has 2 rings (SSSR count). The fourth-order valence-electron chi connectivity index (χ4n) is 2.14. The summed E-state index contributed by atoms with van der Waals surface area (Å²) in [7, 11) is 0. The Balaban J connectivity index is 2.23. The number of morpholine rings is 1. The van der Waals surface area contributed by atoms with Crippen LogP contribution >= 0.6 is 11.6 Å². The molecule has 1 aliphatic heterocycles. The number of aryl methyl sites for hydroxylation is 1. The third kappa shape index (κ3) is 3.07. The monoisotopic (exact) mass is 255 g/mol. The van der Waals surface area contributed by atoms with E-state index in [0.29, 0.717) is 5.15 Å². The van der Waals surface area contributed by atoms with Crippen LogP contribution in [0.15, 0.2) is 6.07 Å². The molecule has 0 radical (unpaired) electrons. The van der Waals surface area contributed by atoms with Crippen molar-refractivity contribution < 1.29 is 4.74 Å². The van der Waals surface area contributed by atoms with Crippen molar-refractivity contribution in [1.82, 2.24) is 9.97 Å². The first-order valence-electron chi connectivity index (χ1n) is 6.02. The lowest BCUT2D eigenvalue weighted by molar-refractivity contribution is -0.00547. The Morgan fingerprint density at radius 3 is 2.59 bits per heavy atom. The van der Waals surface area contributed by atoms with Crippen LogP contribution in [0.25, 0.3) is 0 Å². The van der Waals surface area contributed by atoms with Crippen molar-refractivity contribution in [3.63, 3.8) is 0 Å². The zero-order valence-corrected chi connectivity index (χ0v) is 11.2. The highest BCUT2D eigenvalue weighted by Crippen LogP contribution is 2.21.